The largest absolute Gasteiger partial charge is 0.269 e. The number of benzene rings is 2. The lowest BCUT2D eigenvalue weighted by atomic mass is 10.2. The zero-order valence-corrected chi connectivity index (χ0v) is 13.6. The van der Waals surface area contributed by atoms with Gasteiger partial charge in [0.1, 0.15) is 0 Å². The van der Waals surface area contributed by atoms with Gasteiger partial charge in [-0.05, 0) is 23.8 Å². The van der Waals surface area contributed by atoms with Gasteiger partial charge in [-0.2, -0.15) is 4.31 Å². The third kappa shape index (κ3) is 2.65. The predicted molar refractivity (Wildman–Crippen MR) is 83.9 cm³/mol. The molecule has 0 amide bonds. The van der Waals surface area contributed by atoms with Gasteiger partial charge in [0.2, 0.25) is 10.0 Å². The SMILES string of the molecule is O=[N+]([O-])c1ccc(S(=O)(=O)N2C[C@@H]2c2ccccc2Br)cc1. The van der Waals surface area contributed by atoms with Crippen molar-refractivity contribution < 1.29 is 13.3 Å². The van der Waals surface area contributed by atoms with Crippen LogP contribution in [0, 0.1) is 10.1 Å². The van der Waals surface area contributed by atoms with Crippen molar-refractivity contribution in [3.63, 3.8) is 0 Å². The summed E-state index contributed by atoms with van der Waals surface area (Å²) in [5, 5.41) is 10.6. The second-order valence-corrected chi connectivity index (χ2v) is 7.61. The predicted octanol–water partition coefficient (Wildman–Crippen LogP) is 3.10. The minimum Gasteiger partial charge on any atom is -0.258 e. The lowest BCUT2D eigenvalue weighted by Gasteiger charge is -2.07. The summed E-state index contributed by atoms with van der Waals surface area (Å²) < 4.78 is 27.3. The number of sulfonamides is 1. The van der Waals surface area contributed by atoms with Crippen molar-refractivity contribution in [2.24, 2.45) is 0 Å². The first kappa shape index (κ1) is 15.1. The number of rotatable bonds is 4. The molecule has 114 valence electrons. The minimum atomic E-state index is -3.63. The van der Waals surface area contributed by atoms with Gasteiger partial charge < -0.3 is 0 Å². The maximum Gasteiger partial charge on any atom is 0.269 e. The summed E-state index contributed by atoms with van der Waals surface area (Å²) in [7, 11) is -3.63. The lowest BCUT2D eigenvalue weighted by Crippen LogP contribution is -2.12. The fourth-order valence-electron chi connectivity index (χ4n) is 2.26. The van der Waals surface area contributed by atoms with Crippen LogP contribution in [0.15, 0.2) is 57.9 Å². The van der Waals surface area contributed by atoms with Gasteiger partial charge in [0.05, 0.1) is 15.9 Å². The molecule has 2 aromatic carbocycles. The number of nitrogens with zero attached hydrogens (tertiary/aromatic N) is 2. The Hall–Kier alpha value is -1.77. The van der Waals surface area contributed by atoms with Gasteiger partial charge in [-0.15, -0.1) is 0 Å². The third-order valence-corrected chi connectivity index (χ3v) is 6.10. The van der Waals surface area contributed by atoms with Crippen molar-refractivity contribution in [1.29, 1.82) is 0 Å². The molecule has 2 aromatic rings. The van der Waals surface area contributed by atoms with Crippen LogP contribution in [0.25, 0.3) is 0 Å². The minimum absolute atomic E-state index is 0.0626. The monoisotopic (exact) mass is 382 g/mol. The number of non-ortho nitro benzene ring substituents is 1. The van der Waals surface area contributed by atoms with Crippen LogP contribution in [0.3, 0.4) is 0 Å². The average Bonchev–Trinajstić information content (AvgIpc) is 3.29. The van der Waals surface area contributed by atoms with Crippen molar-refractivity contribution in [3.05, 3.63) is 68.7 Å². The lowest BCUT2D eigenvalue weighted by molar-refractivity contribution is -0.384. The average molecular weight is 383 g/mol. The zero-order valence-electron chi connectivity index (χ0n) is 11.2. The van der Waals surface area contributed by atoms with Gasteiger partial charge in [-0.25, -0.2) is 8.42 Å². The quantitative estimate of drug-likeness (QED) is 0.462. The molecule has 1 saturated heterocycles. The molecular formula is C14H11BrN2O4S. The highest BCUT2D eigenvalue weighted by molar-refractivity contribution is 9.10. The fourth-order valence-corrected chi connectivity index (χ4v) is 4.35. The Morgan fingerprint density at radius 1 is 1.14 bits per heavy atom. The first-order chi connectivity index (χ1) is 10.4. The molecule has 6 nitrogen and oxygen atoms in total. The molecule has 0 N–H and O–H groups in total. The Morgan fingerprint density at radius 3 is 2.36 bits per heavy atom. The van der Waals surface area contributed by atoms with Gasteiger partial charge in [0, 0.05) is 23.2 Å². The zero-order chi connectivity index (χ0) is 15.9. The van der Waals surface area contributed by atoms with E-state index < -0.39 is 14.9 Å². The molecule has 8 heteroatoms. The Balaban J connectivity index is 1.86. The first-order valence-corrected chi connectivity index (χ1v) is 8.65. The van der Waals surface area contributed by atoms with Crippen LogP contribution in [-0.2, 0) is 10.0 Å². The summed E-state index contributed by atoms with van der Waals surface area (Å²) in [5.41, 5.74) is 0.778. The van der Waals surface area contributed by atoms with E-state index in [0.29, 0.717) is 6.54 Å². The van der Waals surface area contributed by atoms with E-state index in [0.717, 1.165) is 10.0 Å². The van der Waals surface area contributed by atoms with Crippen molar-refractivity contribution in [2.75, 3.05) is 6.54 Å². The topological polar surface area (TPSA) is 80.3 Å². The van der Waals surface area contributed by atoms with Crippen molar-refractivity contribution in [1.82, 2.24) is 4.31 Å². The molecule has 1 fully saturated rings. The number of hydrogen-bond acceptors (Lipinski definition) is 4. The second-order valence-electron chi connectivity index (χ2n) is 4.86. The summed E-state index contributed by atoms with van der Waals surface area (Å²) in [6.07, 6.45) is 0. The number of nitro groups is 1. The van der Waals surface area contributed by atoms with Gasteiger partial charge >= 0.3 is 0 Å². The number of nitro benzene ring substituents is 1. The van der Waals surface area contributed by atoms with Crippen LogP contribution in [0.2, 0.25) is 0 Å². The number of halogens is 1. The molecular weight excluding hydrogens is 372 g/mol. The van der Waals surface area contributed by atoms with Crippen LogP contribution >= 0.6 is 15.9 Å². The molecule has 0 spiro atoms. The maximum absolute atomic E-state index is 12.5. The smallest absolute Gasteiger partial charge is 0.258 e. The van der Waals surface area contributed by atoms with E-state index in [4.69, 9.17) is 0 Å². The van der Waals surface area contributed by atoms with Crippen LogP contribution < -0.4 is 0 Å². The van der Waals surface area contributed by atoms with E-state index in [-0.39, 0.29) is 16.6 Å². The van der Waals surface area contributed by atoms with Crippen molar-refractivity contribution in [3.8, 4) is 0 Å². The summed E-state index contributed by atoms with van der Waals surface area (Å²) in [6, 6.07) is 12.2. The van der Waals surface area contributed by atoms with Gasteiger partial charge in [0.15, 0.2) is 0 Å². The Labute approximate surface area is 135 Å². The van der Waals surface area contributed by atoms with E-state index in [1.54, 1.807) is 0 Å². The van der Waals surface area contributed by atoms with Crippen LogP contribution in [0.4, 0.5) is 5.69 Å². The second kappa shape index (κ2) is 5.45. The fraction of sp³-hybridized carbons (Fsp3) is 0.143. The molecule has 0 aromatic heterocycles. The molecule has 0 radical (unpaired) electrons. The van der Waals surface area contributed by atoms with E-state index in [9.17, 15) is 18.5 Å². The molecule has 22 heavy (non-hydrogen) atoms. The van der Waals surface area contributed by atoms with Crippen molar-refractivity contribution in [2.45, 2.75) is 10.9 Å². The summed E-state index contributed by atoms with van der Waals surface area (Å²) in [4.78, 5) is 10.1. The molecule has 1 unspecified atom stereocenters. The molecule has 1 aliphatic rings. The van der Waals surface area contributed by atoms with Crippen molar-refractivity contribution >= 4 is 31.6 Å². The van der Waals surface area contributed by atoms with E-state index in [1.807, 2.05) is 24.3 Å². The van der Waals surface area contributed by atoms with Gasteiger partial charge in [-0.1, -0.05) is 34.1 Å². The highest BCUT2D eigenvalue weighted by Gasteiger charge is 2.46. The van der Waals surface area contributed by atoms with Crippen LogP contribution in [-0.4, -0.2) is 24.2 Å². The normalized spacial score (nSPS) is 20.6. The highest BCUT2D eigenvalue weighted by Crippen LogP contribution is 2.42. The van der Waals surface area contributed by atoms with E-state index >= 15 is 0 Å². The Kier molecular flexibility index (Phi) is 3.75. The Morgan fingerprint density at radius 2 is 1.77 bits per heavy atom. The molecule has 0 aliphatic carbocycles. The standard InChI is InChI=1S/C14H11BrN2O4S/c15-13-4-2-1-3-12(13)14-9-16(14)22(20,21)11-7-5-10(6-8-11)17(18)19/h1-8,14H,9H2/t14-,16?/m1/s1. The highest BCUT2D eigenvalue weighted by atomic mass is 79.9. The Bertz CT molecular complexity index is 836. The molecule has 3 rings (SSSR count). The summed E-state index contributed by atoms with van der Waals surface area (Å²) >= 11 is 3.42. The van der Waals surface area contributed by atoms with Gasteiger partial charge in [0.25, 0.3) is 5.69 Å². The summed E-state index contributed by atoms with van der Waals surface area (Å²) in [6.45, 7) is 0.405. The number of hydrogen-bond donors (Lipinski definition) is 0. The summed E-state index contributed by atoms with van der Waals surface area (Å²) in [5.74, 6) is 0. The maximum atomic E-state index is 12.5. The molecule has 0 saturated carbocycles. The third-order valence-electron chi connectivity index (χ3n) is 3.49. The molecule has 1 aliphatic heterocycles. The van der Waals surface area contributed by atoms with Gasteiger partial charge in [-0.3, -0.25) is 10.1 Å². The van der Waals surface area contributed by atoms with E-state index in [1.165, 1.54) is 28.6 Å². The first-order valence-electron chi connectivity index (χ1n) is 6.42. The van der Waals surface area contributed by atoms with Crippen LogP contribution in [0.1, 0.15) is 11.6 Å². The van der Waals surface area contributed by atoms with E-state index in [2.05, 4.69) is 15.9 Å². The van der Waals surface area contributed by atoms with Crippen LogP contribution in [0.5, 0.6) is 0 Å². The molecule has 0 bridgehead atoms. The molecule has 2 atom stereocenters. The molecule has 1 heterocycles.